The number of amides is 1. The van der Waals surface area contributed by atoms with Gasteiger partial charge in [0.25, 0.3) is 0 Å². The van der Waals surface area contributed by atoms with Crippen molar-refractivity contribution in [3.63, 3.8) is 0 Å². The van der Waals surface area contributed by atoms with Crippen molar-refractivity contribution >= 4 is 5.91 Å². The van der Waals surface area contributed by atoms with Crippen molar-refractivity contribution in [3.8, 4) is 0 Å². The Labute approximate surface area is 137 Å². The van der Waals surface area contributed by atoms with E-state index in [1.165, 1.54) is 11.1 Å². The number of hydrogen-bond donors (Lipinski definition) is 1. The molecule has 1 amide bonds. The van der Waals surface area contributed by atoms with Gasteiger partial charge in [-0.1, -0.05) is 60.7 Å². The maximum absolute atomic E-state index is 12.4. The van der Waals surface area contributed by atoms with E-state index in [4.69, 9.17) is 4.74 Å². The number of carbonyl (C=O) groups excluding carboxylic acids is 1. The average molecular weight is 309 g/mol. The summed E-state index contributed by atoms with van der Waals surface area (Å²) in [5, 5.41) is 3.15. The molecule has 1 saturated heterocycles. The van der Waals surface area contributed by atoms with E-state index in [2.05, 4.69) is 29.6 Å². The van der Waals surface area contributed by atoms with Gasteiger partial charge in [-0.05, 0) is 24.0 Å². The van der Waals surface area contributed by atoms with Gasteiger partial charge in [0.05, 0.1) is 0 Å². The molecule has 0 radical (unpaired) electrons. The van der Waals surface area contributed by atoms with Crippen LogP contribution in [0.3, 0.4) is 0 Å². The zero-order valence-electron chi connectivity index (χ0n) is 13.3. The van der Waals surface area contributed by atoms with E-state index in [0.717, 1.165) is 12.8 Å². The SMILES string of the molecule is O=C(NCC(c1ccccc1)c1ccccc1)C1CCOCC1. The molecule has 3 heteroatoms. The highest BCUT2D eigenvalue weighted by Crippen LogP contribution is 2.24. The number of carbonyl (C=O) groups is 1. The smallest absolute Gasteiger partial charge is 0.223 e. The third-order valence-corrected chi connectivity index (χ3v) is 4.48. The minimum Gasteiger partial charge on any atom is -0.381 e. The van der Waals surface area contributed by atoms with Gasteiger partial charge in [0.15, 0.2) is 0 Å². The Morgan fingerprint density at radius 2 is 1.48 bits per heavy atom. The van der Waals surface area contributed by atoms with Gasteiger partial charge >= 0.3 is 0 Å². The molecule has 23 heavy (non-hydrogen) atoms. The van der Waals surface area contributed by atoms with E-state index in [1.807, 2.05) is 36.4 Å². The van der Waals surface area contributed by atoms with Gasteiger partial charge in [0.1, 0.15) is 0 Å². The van der Waals surface area contributed by atoms with Crippen molar-refractivity contribution in [2.75, 3.05) is 19.8 Å². The number of hydrogen-bond acceptors (Lipinski definition) is 2. The van der Waals surface area contributed by atoms with E-state index in [9.17, 15) is 4.79 Å². The lowest BCUT2D eigenvalue weighted by Crippen LogP contribution is -2.36. The first kappa shape index (κ1) is 15.8. The van der Waals surface area contributed by atoms with E-state index >= 15 is 0 Å². The predicted octanol–water partition coefficient (Wildman–Crippen LogP) is 3.36. The minimum absolute atomic E-state index is 0.0935. The van der Waals surface area contributed by atoms with Crippen molar-refractivity contribution in [1.82, 2.24) is 5.32 Å². The molecule has 1 fully saturated rings. The maximum atomic E-state index is 12.4. The molecule has 1 heterocycles. The lowest BCUT2D eigenvalue weighted by molar-refractivity contribution is -0.127. The van der Waals surface area contributed by atoms with Crippen molar-refractivity contribution in [3.05, 3.63) is 71.8 Å². The molecular weight excluding hydrogens is 286 g/mol. The quantitative estimate of drug-likeness (QED) is 0.919. The Morgan fingerprint density at radius 3 is 2.00 bits per heavy atom. The predicted molar refractivity (Wildman–Crippen MR) is 91.3 cm³/mol. The van der Waals surface area contributed by atoms with Crippen LogP contribution in [0.25, 0.3) is 0 Å². The highest BCUT2D eigenvalue weighted by atomic mass is 16.5. The number of nitrogens with one attached hydrogen (secondary N) is 1. The van der Waals surface area contributed by atoms with Gasteiger partial charge in [-0.3, -0.25) is 4.79 Å². The van der Waals surface area contributed by atoms with E-state index in [0.29, 0.717) is 19.8 Å². The second-order valence-electron chi connectivity index (χ2n) is 6.01. The fourth-order valence-electron chi connectivity index (χ4n) is 3.11. The highest BCUT2D eigenvalue weighted by Gasteiger charge is 2.23. The van der Waals surface area contributed by atoms with Crippen LogP contribution in [-0.2, 0) is 9.53 Å². The average Bonchev–Trinajstić information content (AvgIpc) is 2.64. The van der Waals surface area contributed by atoms with E-state index in [1.54, 1.807) is 0 Å². The molecule has 1 aliphatic rings. The first-order valence-corrected chi connectivity index (χ1v) is 8.30. The Balaban J connectivity index is 1.70. The molecule has 3 nitrogen and oxygen atoms in total. The van der Waals surface area contributed by atoms with E-state index < -0.39 is 0 Å². The summed E-state index contributed by atoms with van der Waals surface area (Å²) in [7, 11) is 0. The standard InChI is InChI=1S/C20H23NO2/c22-20(18-11-13-23-14-12-18)21-15-19(16-7-3-1-4-8-16)17-9-5-2-6-10-17/h1-10,18-19H,11-15H2,(H,21,22). The van der Waals surface area contributed by atoms with Crippen molar-refractivity contribution in [1.29, 1.82) is 0 Å². The summed E-state index contributed by atoms with van der Waals surface area (Å²) < 4.78 is 5.33. The van der Waals surface area contributed by atoms with Crippen LogP contribution in [0.4, 0.5) is 0 Å². The van der Waals surface area contributed by atoms with Gasteiger partial charge in [0, 0.05) is 31.6 Å². The molecule has 2 aromatic rings. The molecular formula is C20H23NO2. The molecule has 0 saturated carbocycles. The second kappa shape index (κ2) is 7.93. The Hall–Kier alpha value is -2.13. The lowest BCUT2D eigenvalue weighted by atomic mass is 9.91. The van der Waals surface area contributed by atoms with Gasteiger partial charge < -0.3 is 10.1 Å². The largest absolute Gasteiger partial charge is 0.381 e. The van der Waals surface area contributed by atoms with Crippen LogP contribution in [0.2, 0.25) is 0 Å². The summed E-state index contributed by atoms with van der Waals surface area (Å²) in [5.41, 5.74) is 2.46. The molecule has 120 valence electrons. The third-order valence-electron chi connectivity index (χ3n) is 4.48. The normalized spacial score (nSPS) is 15.5. The van der Waals surface area contributed by atoms with Crippen molar-refractivity contribution in [2.24, 2.45) is 5.92 Å². The van der Waals surface area contributed by atoms with Crippen LogP contribution >= 0.6 is 0 Å². The molecule has 0 aliphatic carbocycles. The molecule has 0 aromatic heterocycles. The highest BCUT2D eigenvalue weighted by molar-refractivity contribution is 5.78. The molecule has 0 unspecified atom stereocenters. The maximum Gasteiger partial charge on any atom is 0.223 e. The fourth-order valence-corrected chi connectivity index (χ4v) is 3.11. The summed E-state index contributed by atoms with van der Waals surface area (Å²) >= 11 is 0. The summed E-state index contributed by atoms with van der Waals surface area (Å²) in [5.74, 6) is 0.433. The zero-order valence-corrected chi connectivity index (χ0v) is 13.3. The van der Waals surface area contributed by atoms with Crippen LogP contribution in [-0.4, -0.2) is 25.7 Å². The summed E-state index contributed by atoms with van der Waals surface area (Å²) in [6.45, 7) is 2.02. The molecule has 2 aromatic carbocycles. The molecule has 0 atom stereocenters. The first-order valence-electron chi connectivity index (χ1n) is 8.30. The van der Waals surface area contributed by atoms with Gasteiger partial charge in [0.2, 0.25) is 5.91 Å². The Morgan fingerprint density at radius 1 is 0.957 bits per heavy atom. The van der Waals surface area contributed by atoms with Gasteiger partial charge in [-0.25, -0.2) is 0 Å². The van der Waals surface area contributed by atoms with Crippen molar-refractivity contribution < 1.29 is 9.53 Å². The van der Waals surface area contributed by atoms with Crippen LogP contribution < -0.4 is 5.32 Å². The zero-order chi connectivity index (χ0) is 15.9. The van der Waals surface area contributed by atoms with Crippen LogP contribution in [0.1, 0.15) is 29.9 Å². The molecule has 1 aliphatic heterocycles. The Kier molecular flexibility index (Phi) is 5.43. The van der Waals surface area contributed by atoms with Crippen molar-refractivity contribution in [2.45, 2.75) is 18.8 Å². The number of ether oxygens (including phenoxy) is 1. The van der Waals surface area contributed by atoms with Gasteiger partial charge in [-0.2, -0.15) is 0 Å². The lowest BCUT2D eigenvalue weighted by Gasteiger charge is -2.24. The van der Waals surface area contributed by atoms with Crippen LogP contribution in [0, 0.1) is 5.92 Å². The molecule has 3 rings (SSSR count). The third kappa shape index (κ3) is 4.20. The first-order chi connectivity index (χ1) is 11.3. The Bertz CT molecular complexity index is 567. The fraction of sp³-hybridized carbons (Fsp3) is 0.350. The topological polar surface area (TPSA) is 38.3 Å². The second-order valence-corrected chi connectivity index (χ2v) is 6.01. The molecule has 1 N–H and O–H groups in total. The number of benzene rings is 2. The van der Waals surface area contributed by atoms with Crippen LogP contribution in [0.15, 0.2) is 60.7 Å². The monoisotopic (exact) mass is 309 g/mol. The molecule has 0 spiro atoms. The van der Waals surface area contributed by atoms with Crippen LogP contribution in [0.5, 0.6) is 0 Å². The van der Waals surface area contributed by atoms with Gasteiger partial charge in [-0.15, -0.1) is 0 Å². The molecule has 0 bridgehead atoms. The van der Waals surface area contributed by atoms with E-state index in [-0.39, 0.29) is 17.7 Å². The summed E-state index contributed by atoms with van der Waals surface area (Å²) in [6, 6.07) is 20.7. The number of rotatable bonds is 5. The summed E-state index contributed by atoms with van der Waals surface area (Å²) in [6.07, 6.45) is 1.65. The minimum atomic E-state index is 0.0935. The summed E-state index contributed by atoms with van der Waals surface area (Å²) in [4.78, 5) is 12.4.